The van der Waals surface area contributed by atoms with E-state index in [2.05, 4.69) is 26.8 Å². The highest BCUT2D eigenvalue weighted by Gasteiger charge is 2.08. The van der Waals surface area contributed by atoms with Gasteiger partial charge in [-0.25, -0.2) is 4.79 Å². The molecule has 2 N–H and O–H groups in total. The van der Waals surface area contributed by atoms with Crippen LogP contribution in [0.1, 0.15) is 18.3 Å². The van der Waals surface area contributed by atoms with Gasteiger partial charge in [-0.2, -0.15) is 4.98 Å². The second-order valence-corrected chi connectivity index (χ2v) is 5.37. The van der Waals surface area contributed by atoms with Crippen LogP contribution in [-0.2, 0) is 20.0 Å². The predicted molar refractivity (Wildman–Crippen MR) is 84.5 cm³/mol. The summed E-state index contributed by atoms with van der Waals surface area (Å²) in [6.07, 6.45) is 2.80. The molecule has 7 heteroatoms. The van der Waals surface area contributed by atoms with Crippen LogP contribution in [0.25, 0.3) is 0 Å². The molecule has 2 amide bonds. The summed E-state index contributed by atoms with van der Waals surface area (Å²) < 4.78 is 1.66. The van der Waals surface area contributed by atoms with E-state index in [1.54, 1.807) is 16.4 Å². The molecule has 0 atom stereocenters. The van der Waals surface area contributed by atoms with Crippen molar-refractivity contribution in [2.75, 3.05) is 11.6 Å². The maximum atomic E-state index is 11.8. The molecule has 0 bridgehead atoms. The number of thioether (sulfide) groups is 1. The molecule has 0 spiro atoms. The fourth-order valence-electron chi connectivity index (χ4n) is 1.89. The summed E-state index contributed by atoms with van der Waals surface area (Å²) in [5, 5.41) is 9.57. The fourth-order valence-corrected chi connectivity index (χ4v) is 2.37. The molecule has 0 aliphatic carbocycles. The first kappa shape index (κ1) is 15.4. The molecule has 1 aromatic carbocycles. The monoisotopic (exact) mass is 305 g/mol. The molecule has 21 heavy (non-hydrogen) atoms. The number of nitrogens with one attached hydrogen (secondary N) is 2. The van der Waals surface area contributed by atoms with E-state index in [-0.39, 0.29) is 6.03 Å². The van der Waals surface area contributed by atoms with Crippen LogP contribution in [0.15, 0.2) is 29.2 Å². The third kappa shape index (κ3) is 4.22. The van der Waals surface area contributed by atoms with Gasteiger partial charge in [0.05, 0.1) is 0 Å². The average Bonchev–Trinajstić information content (AvgIpc) is 2.85. The number of aryl methyl sites for hydroxylation is 2. The van der Waals surface area contributed by atoms with Gasteiger partial charge in [-0.3, -0.25) is 10.00 Å². The number of carbonyl (C=O) groups is 1. The van der Waals surface area contributed by atoms with Crippen molar-refractivity contribution in [2.24, 2.45) is 7.05 Å². The summed E-state index contributed by atoms with van der Waals surface area (Å²) in [6.45, 7) is 2.46. The van der Waals surface area contributed by atoms with Crippen LogP contribution >= 0.6 is 11.8 Å². The van der Waals surface area contributed by atoms with Crippen molar-refractivity contribution < 1.29 is 4.79 Å². The zero-order chi connectivity index (χ0) is 15.2. The minimum absolute atomic E-state index is 0.308. The lowest BCUT2D eigenvalue weighted by atomic mass is 10.2. The van der Waals surface area contributed by atoms with E-state index in [9.17, 15) is 4.79 Å². The number of amides is 2. The largest absolute Gasteiger partial charge is 0.334 e. The number of urea groups is 1. The maximum Gasteiger partial charge on any atom is 0.321 e. The van der Waals surface area contributed by atoms with E-state index in [4.69, 9.17) is 0 Å². The lowest BCUT2D eigenvalue weighted by Crippen LogP contribution is -2.28. The standard InChI is InChI=1S/C14H19N5OS/c1-4-12-16-13(18-19(12)2)17-14(20)15-9-10-6-5-7-11(8-10)21-3/h5-8H,4,9H2,1-3H3,(H2,15,17,18,20). The molecule has 6 nitrogen and oxygen atoms in total. The van der Waals surface area contributed by atoms with E-state index in [1.807, 2.05) is 38.4 Å². The third-order valence-corrected chi connectivity index (χ3v) is 3.71. The molecule has 112 valence electrons. The van der Waals surface area contributed by atoms with Crippen LogP contribution in [0, 0.1) is 0 Å². The highest BCUT2D eigenvalue weighted by molar-refractivity contribution is 7.98. The zero-order valence-electron chi connectivity index (χ0n) is 12.4. The lowest BCUT2D eigenvalue weighted by molar-refractivity contribution is 0.251. The number of anilines is 1. The van der Waals surface area contributed by atoms with Gasteiger partial charge in [0, 0.05) is 24.9 Å². The highest BCUT2D eigenvalue weighted by Crippen LogP contribution is 2.15. The molecule has 0 aliphatic heterocycles. The number of rotatable bonds is 5. The van der Waals surface area contributed by atoms with E-state index in [0.717, 1.165) is 17.8 Å². The van der Waals surface area contributed by atoms with Gasteiger partial charge >= 0.3 is 6.03 Å². The highest BCUT2D eigenvalue weighted by atomic mass is 32.2. The molecule has 1 aromatic heterocycles. The Kier molecular flexibility index (Phi) is 5.21. The number of hydrogen-bond donors (Lipinski definition) is 2. The van der Waals surface area contributed by atoms with E-state index in [0.29, 0.717) is 12.5 Å². The Balaban J connectivity index is 1.89. The molecule has 1 heterocycles. The van der Waals surface area contributed by atoms with Crippen molar-refractivity contribution in [3.05, 3.63) is 35.7 Å². The summed E-state index contributed by atoms with van der Waals surface area (Å²) in [4.78, 5) is 17.2. The summed E-state index contributed by atoms with van der Waals surface area (Å²) in [7, 11) is 1.81. The van der Waals surface area contributed by atoms with Gasteiger partial charge < -0.3 is 5.32 Å². The van der Waals surface area contributed by atoms with Crippen molar-refractivity contribution in [3.63, 3.8) is 0 Å². The summed E-state index contributed by atoms with van der Waals surface area (Å²) in [5.41, 5.74) is 1.06. The van der Waals surface area contributed by atoms with Gasteiger partial charge in [-0.1, -0.05) is 19.1 Å². The third-order valence-electron chi connectivity index (χ3n) is 2.98. The van der Waals surface area contributed by atoms with E-state index < -0.39 is 0 Å². The summed E-state index contributed by atoms with van der Waals surface area (Å²) >= 11 is 1.68. The Morgan fingerprint density at radius 3 is 2.90 bits per heavy atom. The molecular formula is C14H19N5OS. The van der Waals surface area contributed by atoms with Crippen molar-refractivity contribution in [2.45, 2.75) is 24.8 Å². The molecule has 0 radical (unpaired) electrons. The summed E-state index contributed by atoms with van der Waals surface area (Å²) in [5.74, 6) is 1.16. The average molecular weight is 305 g/mol. The minimum Gasteiger partial charge on any atom is -0.334 e. The van der Waals surface area contributed by atoms with Gasteiger partial charge in [0.2, 0.25) is 5.95 Å². The van der Waals surface area contributed by atoms with Crippen molar-refractivity contribution in [3.8, 4) is 0 Å². The summed E-state index contributed by atoms with van der Waals surface area (Å²) in [6, 6.07) is 7.75. The van der Waals surface area contributed by atoms with Crippen LogP contribution in [0.3, 0.4) is 0 Å². The van der Waals surface area contributed by atoms with Gasteiger partial charge in [-0.15, -0.1) is 16.9 Å². The molecule has 0 saturated carbocycles. The van der Waals surface area contributed by atoms with Crippen molar-refractivity contribution in [1.82, 2.24) is 20.1 Å². The topological polar surface area (TPSA) is 71.8 Å². The van der Waals surface area contributed by atoms with E-state index >= 15 is 0 Å². The second-order valence-electron chi connectivity index (χ2n) is 4.49. The predicted octanol–water partition coefficient (Wildman–Crippen LogP) is 2.42. The number of carbonyl (C=O) groups excluding carboxylic acids is 1. The molecule has 2 rings (SSSR count). The zero-order valence-corrected chi connectivity index (χ0v) is 13.2. The Bertz CT molecular complexity index is 626. The first-order chi connectivity index (χ1) is 10.1. The molecule has 0 fully saturated rings. The van der Waals surface area contributed by atoms with Crippen molar-refractivity contribution >= 4 is 23.7 Å². The number of benzene rings is 1. The second kappa shape index (κ2) is 7.12. The van der Waals surface area contributed by atoms with Crippen LogP contribution in [-0.4, -0.2) is 27.1 Å². The number of nitrogens with zero attached hydrogens (tertiary/aromatic N) is 3. The quantitative estimate of drug-likeness (QED) is 0.832. The fraction of sp³-hybridized carbons (Fsp3) is 0.357. The van der Waals surface area contributed by atoms with Crippen LogP contribution in [0.5, 0.6) is 0 Å². The Morgan fingerprint density at radius 1 is 1.43 bits per heavy atom. The first-order valence-corrected chi connectivity index (χ1v) is 7.92. The van der Waals surface area contributed by atoms with Crippen LogP contribution < -0.4 is 10.6 Å². The van der Waals surface area contributed by atoms with Gasteiger partial charge in [0.15, 0.2) is 0 Å². The normalized spacial score (nSPS) is 10.4. The minimum atomic E-state index is -0.308. The van der Waals surface area contributed by atoms with Crippen LogP contribution in [0.4, 0.5) is 10.7 Å². The molecule has 0 unspecified atom stereocenters. The first-order valence-electron chi connectivity index (χ1n) is 6.70. The molecule has 0 aliphatic rings. The van der Waals surface area contributed by atoms with Crippen molar-refractivity contribution in [1.29, 1.82) is 0 Å². The van der Waals surface area contributed by atoms with Gasteiger partial charge in [0.1, 0.15) is 5.82 Å². The Hall–Kier alpha value is -2.02. The number of hydrogen-bond acceptors (Lipinski definition) is 4. The lowest BCUT2D eigenvalue weighted by Gasteiger charge is -2.06. The van der Waals surface area contributed by atoms with Crippen LogP contribution in [0.2, 0.25) is 0 Å². The van der Waals surface area contributed by atoms with Gasteiger partial charge in [-0.05, 0) is 24.0 Å². The molecular weight excluding hydrogens is 286 g/mol. The maximum absolute atomic E-state index is 11.8. The van der Waals surface area contributed by atoms with E-state index in [1.165, 1.54) is 4.90 Å². The Morgan fingerprint density at radius 2 is 2.24 bits per heavy atom. The SMILES string of the molecule is CCc1nc(NC(=O)NCc2cccc(SC)c2)nn1C. The smallest absolute Gasteiger partial charge is 0.321 e. The van der Waals surface area contributed by atoms with Gasteiger partial charge in [0.25, 0.3) is 0 Å². The Labute approximate surface area is 128 Å². The molecule has 2 aromatic rings. The number of aromatic nitrogens is 3. The molecule has 0 saturated heterocycles.